The summed E-state index contributed by atoms with van der Waals surface area (Å²) in [6.07, 6.45) is 0. The lowest BCUT2D eigenvalue weighted by molar-refractivity contribution is 0.935. The van der Waals surface area contributed by atoms with Crippen LogP contribution in [-0.2, 0) is 3.79 Å². The molecular formula is C10H5Cl5N4. The standard InChI is InChI=1S/C10H5Cl5N4/c11-4-1-2-5(6(12)3-4)7-17-8(10(13,14)15)19-9(16)18-7/h1-3H,(H2,16,17,18,19). The molecule has 0 aliphatic carbocycles. The van der Waals surface area contributed by atoms with Crippen molar-refractivity contribution in [1.82, 2.24) is 15.0 Å². The molecule has 0 atom stereocenters. The first-order valence-electron chi connectivity index (χ1n) is 4.81. The van der Waals surface area contributed by atoms with Crippen LogP contribution in [0.5, 0.6) is 0 Å². The molecule has 1 heterocycles. The van der Waals surface area contributed by atoms with Gasteiger partial charge >= 0.3 is 0 Å². The van der Waals surface area contributed by atoms with Crippen molar-refractivity contribution in [3.05, 3.63) is 34.1 Å². The zero-order valence-electron chi connectivity index (χ0n) is 9.04. The molecule has 0 radical (unpaired) electrons. The Kier molecular flexibility index (Phi) is 4.28. The number of halogens is 5. The Morgan fingerprint density at radius 3 is 2.26 bits per heavy atom. The van der Waals surface area contributed by atoms with Crippen LogP contribution in [0, 0.1) is 0 Å². The molecule has 1 aromatic heterocycles. The molecule has 2 aromatic rings. The quantitative estimate of drug-likeness (QED) is 0.774. The molecule has 100 valence electrons. The highest BCUT2D eigenvalue weighted by atomic mass is 35.6. The average Bonchev–Trinajstić information content (AvgIpc) is 2.26. The Hall–Kier alpha value is -0.520. The van der Waals surface area contributed by atoms with E-state index in [4.69, 9.17) is 63.7 Å². The molecule has 0 spiro atoms. The first kappa shape index (κ1) is 14.9. The molecule has 1 aromatic carbocycles. The van der Waals surface area contributed by atoms with E-state index in [1.807, 2.05) is 0 Å². The van der Waals surface area contributed by atoms with E-state index in [2.05, 4.69) is 15.0 Å². The predicted molar refractivity (Wildman–Crippen MR) is 78.9 cm³/mol. The van der Waals surface area contributed by atoms with Gasteiger partial charge in [0.15, 0.2) is 11.6 Å². The van der Waals surface area contributed by atoms with Gasteiger partial charge in [-0.2, -0.15) is 9.97 Å². The van der Waals surface area contributed by atoms with Gasteiger partial charge in [0.25, 0.3) is 0 Å². The Balaban J connectivity index is 2.59. The third-order valence-electron chi connectivity index (χ3n) is 2.08. The monoisotopic (exact) mass is 356 g/mol. The highest BCUT2D eigenvalue weighted by molar-refractivity contribution is 6.66. The molecule has 0 bridgehead atoms. The minimum Gasteiger partial charge on any atom is -0.368 e. The Morgan fingerprint density at radius 1 is 1.00 bits per heavy atom. The summed E-state index contributed by atoms with van der Waals surface area (Å²) in [7, 11) is 0. The SMILES string of the molecule is Nc1nc(-c2ccc(Cl)cc2Cl)nc(C(Cl)(Cl)Cl)n1. The van der Waals surface area contributed by atoms with Gasteiger partial charge < -0.3 is 5.73 Å². The minimum atomic E-state index is -1.80. The largest absolute Gasteiger partial charge is 0.368 e. The van der Waals surface area contributed by atoms with E-state index < -0.39 is 3.79 Å². The summed E-state index contributed by atoms with van der Waals surface area (Å²) in [4.78, 5) is 11.8. The van der Waals surface area contributed by atoms with Crippen LogP contribution in [0.4, 0.5) is 5.95 Å². The van der Waals surface area contributed by atoms with Gasteiger partial charge in [-0.05, 0) is 18.2 Å². The molecule has 0 unspecified atom stereocenters. The summed E-state index contributed by atoms with van der Waals surface area (Å²) in [6.45, 7) is 0. The van der Waals surface area contributed by atoms with Crippen molar-refractivity contribution in [3.63, 3.8) is 0 Å². The Bertz CT molecular complexity index is 626. The molecule has 9 heteroatoms. The molecular weight excluding hydrogens is 353 g/mol. The zero-order chi connectivity index (χ0) is 14.2. The second kappa shape index (κ2) is 5.46. The van der Waals surface area contributed by atoms with Crippen LogP contribution >= 0.6 is 58.0 Å². The van der Waals surface area contributed by atoms with Gasteiger partial charge in [-0.25, -0.2) is 4.98 Å². The van der Waals surface area contributed by atoms with Gasteiger partial charge in [0.05, 0.1) is 5.02 Å². The van der Waals surface area contributed by atoms with Gasteiger partial charge in [-0.3, -0.25) is 0 Å². The molecule has 2 N–H and O–H groups in total. The second-order valence-electron chi connectivity index (χ2n) is 3.46. The van der Waals surface area contributed by atoms with Gasteiger partial charge in [-0.1, -0.05) is 58.0 Å². The Labute approximate surface area is 133 Å². The lowest BCUT2D eigenvalue weighted by Crippen LogP contribution is -2.12. The van der Waals surface area contributed by atoms with Crippen molar-refractivity contribution in [2.24, 2.45) is 0 Å². The van der Waals surface area contributed by atoms with Crippen LogP contribution in [0.3, 0.4) is 0 Å². The van der Waals surface area contributed by atoms with E-state index >= 15 is 0 Å². The maximum absolute atomic E-state index is 6.06. The first-order valence-corrected chi connectivity index (χ1v) is 6.70. The van der Waals surface area contributed by atoms with E-state index in [9.17, 15) is 0 Å². The minimum absolute atomic E-state index is 0.0719. The van der Waals surface area contributed by atoms with Crippen molar-refractivity contribution in [2.45, 2.75) is 3.79 Å². The topological polar surface area (TPSA) is 64.7 Å². The number of hydrogen-bond donors (Lipinski definition) is 1. The highest BCUT2D eigenvalue weighted by Crippen LogP contribution is 2.37. The van der Waals surface area contributed by atoms with E-state index in [-0.39, 0.29) is 17.6 Å². The fourth-order valence-electron chi connectivity index (χ4n) is 1.31. The maximum Gasteiger partial charge on any atom is 0.250 e. The van der Waals surface area contributed by atoms with Gasteiger partial charge in [0, 0.05) is 10.6 Å². The summed E-state index contributed by atoms with van der Waals surface area (Å²) >= 11 is 29.0. The number of hydrogen-bond acceptors (Lipinski definition) is 4. The van der Waals surface area contributed by atoms with Crippen LogP contribution in [0.25, 0.3) is 11.4 Å². The molecule has 0 saturated carbocycles. The predicted octanol–water partition coefficient (Wildman–Crippen LogP) is 4.25. The van der Waals surface area contributed by atoms with Crippen molar-refractivity contribution < 1.29 is 0 Å². The highest BCUT2D eigenvalue weighted by Gasteiger charge is 2.28. The van der Waals surface area contributed by atoms with E-state index in [0.717, 1.165) is 0 Å². The molecule has 0 amide bonds. The number of benzene rings is 1. The fraction of sp³-hybridized carbons (Fsp3) is 0.100. The molecule has 4 nitrogen and oxygen atoms in total. The summed E-state index contributed by atoms with van der Waals surface area (Å²) in [6, 6.07) is 4.83. The van der Waals surface area contributed by atoms with Crippen LogP contribution in [-0.4, -0.2) is 15.0 Å². The molecule has 0 aliphatic heterocycles. The number of alkyl halides is 3. The van der Waals surface area contributed by atoms with Gasteiger partial charge in [-0.15, -0.1) is 0 Å². The maximum atomic E-state index is 6.06. The summed E-state index contributed by atoms with van der Waals surface area (Å²) in [5.41, 5.74) is 6.08. The lowest BCUT2D eigenvalue weighted by atomic mass is 10.2. The lowest BCUT2D eigenvalue weighted by Gasteiger charge is -2.11. The number of nitrogen functional groups attached to an aromatic ring is 1. The van der Waals surface area contributed by atoms with Gasteiger partial charge in [0.1, 0.15) is 0 Å². The van der Waals surface area contributed by atoms with E-state index in [1.54, 1.807) is 18.2 Å². The number of aromatic nitrogens is 3. The summed E-state index contributed by atoms with van der Waals surface area (Å²) in [5, 5.41) is 0.839. The zero-order valence-corrected chi connectivity index (χ0v) is 12.8. The van der Waals surface area contributed by atoms with E-state index in [0.29, 0.717) is 15.6 Å². The van der Waals surface area contributed by atoms with Crippen molar-refractivity contribution >= 4 is 64.0 Å². The number of anilines is 1. The van der Waals surface area contributed by atoms with Crippen LogP contribution in [0.15, 0.2) is 18.2 Å². The van der Waals surface area contributed by atoms with Crippen molar-refractivity contribution in [3.8, 4) is 11.4 Å². The van der Waals surface area contributed by atoms with Gasteiger partial charge in [0.2, 0.25) is 9.74 Å². The normalized spacial score (nSPS) is 11.6. The van der Waals surface area contributed by atoms with Crippen LogP contribution in [0.2, 0.25) is 10.0 Å². The molecule has 0 aliphatic rings. The molecule has 19 heavy (non-hydrogen) atoms. The number of nitrogens with zero attached hydrogens (tertiary/aromatic N) is 3. The first-order chi connectivity index (χ1) is 8.77. The van der Waals surface area contributed by atoms with Crippen LogP contribution < -0.4 is 5.73 Å². The number of rotatable bonds is 1. The smallest absolute Gasteiger partial charge is 0.250 e. The second-order valence-corrected chi connectivity index (χ2v) is 6.59. The molecule has 0 fully saturated rings. The fourth-order valence-corrected chi connectivity index (χ4v) is 2.06. The van der Waals surface area contributed by atoms with Crippen molar-refractivity contribution in [1.29, 1.82) is 0 Å². The molecule has 2 rings (SSSR count). The van der Waals surface area contributed by atoms with E-state index in [1.165, 1.54) is 0 Å². The third-order valence-corrected chi connectivity index (χ3v) is 3.13. The van der Waals surface area contributed by atoms with Crippen LogP contribution in [0.1, 0.15) is 5.82 Å². The Morgan fingerprint density at radius 2 is 1.68 bits per heavy atom. The third kappa shape index (κ3) is 3.52. The summed E-state index contributed by atoms with van der Waals surface area (Å²) in [5.74, 6) is 0.0545. The van der Waals surface area contributed by atoms with Crippen molar-refractivity contribution in [2.75, 3.05) is 5.73 Å². The summed E-state index contributed by atoms with van der Waals surface area (Å²) < 4.78 is -1.80. The number of nitrogens with two attached hydrogens (primary N) is 1. The molecule has 0 saturated heterocycles. The average molecular weight is 358 g/mol.